The van der Waals surface area contributed by atoms with Crippen molar-refractivity contribution in [1.82, 2.24) is 10.2 Å². The van der Waals surface area contributed by atoms with Crippen molar-refractivity contribution in [2.45, 2.75) is 37.8 Å². The van der Waals surface area contributed by atoms with Crippen molar-refractivity contribution in [1.29, 1.82) is 0 Å². The highest BCUT2D eigenvalue weighted by atomic mass is 19.1. The van der Waals surface area contributed by atoms with Crippen LogP contribution in [0.5, 0.6) is 0 Å². The second kappa shape index (κ2) is 7.30. The highest BCUT2D eigenvalue weighted by molar-refractivity contribution is 5.84. The highest BCUT2D eigenvalue weighted by Gasteiger charge is 2.38. The van der Waals surface area contributed by atoms with Gasteiger partial charge in [-0.25, -0.2) is 4.39 Å². The predicted octanol–water partition coefficient (Wildman–Crippen LogP) is 2.03. The van der Waals surface area contributed by atoms with Crippen molar-refractivity contribution >= 4 is 11.8 Å². The molecule has 1 aromatic rings. The van der Waals surface area contributed by atoms with Gasteiger partial charge in [-0.3, -0.25) is 9.59 Å². The van der Waals surface area contributed by atoms with Gasteiger partial charge >= 0.3 is 0 Å². The number of nitrogens with one attached hydrogen (secondary N) is 1. The number of likely N-dealkylation sites (tertiary alicyclic amines) is 1. The van der Waals surface area contributed by atoms with E-state index >= 15 is 0 Å². The van der Waals surface area contributed by atoms with E-state index < -0.39 is 0 Å². The van der Waals surface area contributed by atoms with E-state index in [1.807, 2.05) is 0 Å². The predicted molar refractivity (Wildman–Crippen MR) is 86.6 cm³/mol. The molecule has 0 radical (unpaired) electrons. The maximum atomic E-state index is 13.2. The van der Waals surface area contributed by atoms with Crippen LogP contribution >= 0.6 is 0 Å². The zero-order chi connectivity index (χ0) is 17.1. The lowest BCUT2D eigenvalue weighted by Gasteiger charge is -2.38. The van der Waals surface area contributed by atoms with Crippen LogP contribution in [0.15, 0.2) is 24.3 Å². The summed E-state index contributed by atoms with van der Waals surface area (Å²) in [6, 6.07) is 5.66. The van der Waals surface area contributed by atoms with E-state index in [1.165, 1.54) is 12.1 Å². The summed E-state index contributed by atoms with van der Waals surface area (Å²) in [5.74, 6) is -0.728. The molecule has 24 heavy (non-hydrogen) atoms. The second-order valence-corrected chi connectivity index (χ2v) is 6.53. The maximum Gasteiger partial charge on any atom is 0.225 e. The zero-order valence-electron chi connectivity index (χ0n) is 13.8. The first kappa shape index (κ1) is 16.9. The largest absolute Gasteiger partial charge is 0.376 e. The SMILES string of the molecule is CN1C(=O)CC[C@H](C(=O)NC[C@@H]2CCCO2)[C@H]1c1ccc(F)cc1. The highest BCUT2D eigenvalue weighted by Crippen LogP contribution is 2.36. The zero-order valence-corrected chi connectivity index (χ0v) is 13.8. The van der Waals surface area contributed by atoms with Gasteiger partial charge in [-0.15, -0.1) is 0 Å². The number of carbonyl (C=O) groups excluding carboxylic acids is 2. The van der Waals surface area contributed by atoms with Gasteiger partial charge in [0.15, 0.2) is 0 Å². The number of amides is 2. The molecule has 3 rings (SSSR count). The molecule has 0 saturated carbocycles. The van der Waals surface area contributed by atoms with Gasteiger partial charge in [-0.1, -0.05) is 12.1 Å². The minimum Gasteiger partial charge on any atom is -0.376 e. The third-order valence-electron chi connectivity index (χ3n) is 4.94. The number of halogens is 1. The molecular formula is C18H23FN2O3. The molecule has 0 spiro atoms. The molecule has 0 bridgehead atoms. The quantitative estimate of drug-likeness (QED) is 0.917. The lowest BCUT2D eigenvalue weighted by molar-refractivity contribution is -0.141. The average Bonchev–Trinajstić information content (AvgIpc) is 3.09. The number of rotatable bonds is 4. The van der Waals surface area contributed by atoms with Crippen molar-refractivity contribution in [3.05, 3.63) is 35.6 Å². The van der Waals surface area contributed by atoms with Crippen molar-refractivity contribution in [2.75, 3.05) is 20.2 Å². The van der Waals surface area contributed by atoms with Gasteiger partial charge < -0.3 is 15.0 Å². The Kier molecular flexibility index (Phi) is 5.14. The van der Waals surface area contributed by atoms with E-state index in [-0.39, 0.29) is 35.7 Å². The van der Waals surface area contributed by atoms with Gasteiger partial charge in [0.25, 0.3) is 0 Å². The van der Waals surface area contributed by atoms with Gasteiger partial charge in [0, 0.05) is 26.6 Å². The molecular weight excluding hydrogens is 311 g/mol. The van der Waals surface area contributed by atoms with E-state index in [9.17, 15) is 14.0 Å². The first-order chi connectivity index (χ1) is 11.6. The van der Waals surface area contributed by atoms with Crippen LogP contribution in [0, 0.1) is 11.7 Å². The van der Waals surface area contributed by atoms with Gasteiger partial charge in [-0.2, -0.15) is 0 Å². The number of carbonyl (C=O) groups is 2. The molecule has 2 fully saturated rings. The standard InChI is InChI=1S/C18H23FN2O3/c1-21-16(22)9-8-15(17(21)12-4-6-13(19)7-5-12)18(23)20-11-14-3-2-10-24-14/h4-7,14-15,17H,2-3,8-11H2,1H3,(H,20,23)/t14-,15-,17+/m0/s1. The number of benzene rings is 1. The molecule has 2 amide bonds. The number of piperidine rings is 1. The summed E-state index contributed by atoms with van der Waals surface area (Å²) in [5.41, 5.74) is 0.782. The van der Waals surface area contributed by atoms with Gasteiger partial charge in [-0.05, 0) is 37.0 Å². The third kappa shape index (κ3) is 3.59. The van der Waals surface area contributed by atoms with Crippen LogP contribution in [0.4, 0.5) is 4.39 Å². The molecule has 0 unspecified atom stereocenters. The van der Waals surface area contributed by atoms with Crippen molar-refractivity contribution in [2.24, 2.45) is 5.92 Å². The smallest absolute Gasteiger partial charge is 0.225 e. The molecule has 5 nitrogen and oxygen atoms in total. The number of nitrogens with zero attached hydrogens (tertiary/aromatic N) is 1. The molecule has 3 atom stereocenters. The fourth-order valence-corrected chi connectivity index (χ4v) is 3.58. The second-order valence-electron chi connectivity index (χ2n) is 6.53. The van der Waals surface area contributed by atoms with Crippen LogP contribution in [0.1, 0.15) is 37.3 Å². The van der Waals surface area contributed by atoms with Crippen LogP contribution in [-0.4, -0.2) is 43.0 Å². The van der Waals surface area contributed by atoms with Gasteiger partial charge in [0.1, 0.15) is 5.82 Å². The summed E-state index contributed by atoms with van der Waals surface area (Å²) in [4.78, 5) is 26.4. The van der Waals surface area contributed by atoms with Crippen LogP contribution in [-0.2, 0) is 14.3 Å². The van der Waals surface area contributed by atoms with E-state index in [1.54, 1.807) is 24.1 Å². The van der Waals surface area contributed by atoms with E-state index in [2.05, 4.69) is 5.32 Å². The van der Waals surface area contributed by atoms with Gasteiger partial charge in [0.05, 0.1) is 18.1 Å². The Morgan fingerprint density at radius 2 is 2.08 bits per heavy atom. The summed E-state index contributed by atoms with van der Waals surface area (Å²) < 4.78 is 18.7. The Hall–Kier alpha value is -1.95. The summed E-state index contributed by atoms with van der Waals surface area (Å²) in [6.07, 6.45) is 2.93. The molecule has 1 N–H and O–H groups in total. The van der Waals surface area contributed by atoms with E-state index in [0.717, 1.165) is 25.0 Å². The van der Waals surface area contributed by atoms with Crippen LogP contribution < -0.4 is 5.32 Å². The minimum atomic E-state index is -0.364. The molecule has 130 valence electrons. The monoisotopic (exact) mass is 334 g/mol. The molecule has 2 saturated heterocycles. The van der Waals surface area contributed by atoms with E-state index in [0.29, 0.717) is 19.4 Å². The molecule has 6 heteroatoms. The molecule has 2 aliphatic heterocycles. The maximum absolute atomic E-state index is 13.2. The van der Waals surface area contributed by atoms with Crippen LogP contribution in [0.2, 0.25) is 0 Å². The summed E-state index contributed by atoms with van der Waals surface area (Å²) in [5, 5.41) is 2.96. The normalized spacial score (nSPS) is 27.3. The molecule has 2 heterocycles. The first-order valence-corrected chi connectivity index (χ1v) is 8.46. The van der Waals surface area contributed by atoms with Crippen LogP contribution in [0.3, 0.4) is 0 Å². The fourth-order valence-electron chi connectivity index (χ4n) is 3.58. The van der Waals surface area contributed by atoms with E-state index in [4.69, 9.17) is 4.74 Å². The van der Waals surface area contributed by atoms with Crippen molar-refractivity contribution in [3.63, 3.8) is 0 Å². The topological polar surface area (TPSA) is 58.6 Å². The summed E-state index contributed by atoms with van der Waals surface area (Å²) in [7, 11) is 1.70. The van der Waals surface area contributed by atoms with Gasteiger partial charge in [0.2, 0.25) is 11.8 Å². The van der Waals surface area contributed by atoms with Crippen molar-refractivity contribution in [3.8, 4) is 0 Å². The average molecular weight is 334 g/mol. The molecule has 2 aliphatic rings. The molecule has 0 aromatic heterocycles. The number of hydrogen-bond donors (Lipinski definition) is 1. The first-order valence-electron chi connectivity index (χ1n) is 8.46. The van der Waals surface area contributed by atoms with Crippen molar-refractivity contribution < 1.29 is 18.7 Å². The summed E-state index contributed by atoms with van der Waals surface area (Å²) >= 11 is 0. The lowest BCUT2D eigenvalue weighted by Crippen LogP contribution is -2.47. The third-order valence-corrected chi connectivity index (χ3v) is 4.94. The Morgan fingerprint density at radius 3 is 2.75 bits per heavy atom. The number of ether oxygens (including phenoxy) is 1. The Balaban J connectivity index is 1.74. The molecule has 1 aromatic carbocycles. The lowest BCUT2D eigenvalue weighted by atomic mass is 9.84. The van der Waals surface area contributed by atoms with Crippen LogP contribution in [0.25, 0.3) is 0 Å². The Labute approximate surface area is 141 Å². The Bertz CT molecular complexity index is 599. The number of hydrogen-bond acceptors (Lipinski definition) is 3. The minimum absolute atomic E-state index is 0.00695. The Morgan fingerprint density at radius 1 is 1.33 bits per heavy atom. The molecule has 0 aliphatic carbocycles. The summed E-state index contributed by atoms with van der Waals surface area (Å²) in [6.45, 7) is 1.25. The fraction of sp³-hybridized carbons (Fsp3) is 0.556.